The first kappa shape index (κ1) is 11.5. The predicted octanol–water partition coefficient (Wildman–Crippen LogP) is 1.86. The molecule has 14 heavy (non-hydrogen) atoms. The van der Waals surface area contributed by atoms with Gasteiger partial charge in [0.2, 0.25) is 0 Å². The SMILES string of the molecule is COC(=O)CCCNC1(C)CCCC1. The van der Waals surface area contributed by atoms with Crippen LogP contribution in [0.25, 0.3) is 0 Å². The minimum Gasteiger partial charge on any atom is -0.469 e. The van der Waals surface area contributed by atoms with Crippen molar-refractivity contribution in [1.29, 1.82) is 0 Å². The Balaban J connectivity index is 2.06. The van der Waals surface area contributed by atoms with E-state index in [1.807, 2.05) is 0 Å². The molecule has 0 heterocycles. The van der Waals surface area contributed by atoms with Gasteiger partial charge in [-0.1, -0.05) is 12.8 Å². The Hall–Kier alpha value is -0.570. The molecular weight excluding hydrogens is 178 g/mol. The van der Waals surface area contributed by atoms with Gasteiger partial charge in [-0.25, -0.2) is 0 Å². The molecular formula is C11H21NO2. The maximum absolute atomic E-state index is 10.8. The van der Waals surface area contributed by atoms with Gasteiger partial charge in [0.1, 0.15) is 0 Å². The molecule has 0 aromatic heterocycles. The second kappa shape index (κ2) is 5.35. The van der Waals surface area contributed by atoms with Crippen LogP contribution in [0.2, 0.25) is 0 Å². The Bertz CT molecular complexity index is 186. The molecule has 0 amide bonds. The van der Waals surface area contributed by atoms with Crippen LogP contribution in [0.15, 0.2) is 0 Å². The fraction of sp³-hybridized carbons (Fsp3) is 0.909. The molecule has 0 saturated heterocycles. The van der Waals surface area contributed by atoms with E-state index >= 15 is 0 Å². The van der Waals surface area contributed by atoms with E-state index in [0.717, 1.165) is 13.0 Å². The summed E-state index contributed by atoms with van der Waals surface area (Å²) in [5.74, 6) is -0.108. The first-order valence-electron chi connectivity index (χ1n) is 5.48. The van der Waals surface area contributed by atoms with E-state index in [9.17, 15) is 4.79 Å². The van der Waals surface area contributed by atoms with Gasteiger partial charge in [-0.2, -0.15) is 0 Å². The number of nitrogens with one attached hydrogen (secondary N) is 1. The summed E-state index contributed by atoms with van der Waals surface area (Å²) in [7, 11) is 1.44. The topological polar surface area (TPSA) is 38.3 Å². The normalized spacial score (nSPS) is 19.6. The van der Waals surface area contributed by atoms with Gasteiger partial charge in [-0.3, -0.25) is 4.79 Å². The predicted molar refractivity (Wildman–Crippen MR) is 56.1 cm³/mol. The van der Waals surface area contributed by atoms with Crippen LogP contribution in [-0.2, 0) is 9.53 Å². The van der Waals surface area contributed by atoms with Crippen LogP contribution in [0.3, 0.4) is 0 Å². The second-order valence-corrected chi connectivity index (χ2v) is 4.37. The summed E-state index contributed by atoms with van der Waals surface area (Å²) < 4.78 is 4.58. The zero-order chi connectivity index (χ0) is 10.4. The van der Waals surface area contributed by atoms with Crippen molar-refractivity contribution >= 4 is 5.97 Å². The molecule has 0 aliphatic heterocycles. The summed E-state index contributed by atoms with van der Waals surface area (Å²) in [5.41, 5.74) is 0.329. The van der Waals surface area contributed by atoms with Gasteiger partial charge in [0.25, 0.3) is 0 Å². The van der Waals surface area contributed by atoms with E-state index in [4.69, 9.17) is 0 Å². The first-order chi connectivity index (χ1) is 6.66. The molecule has 3 heteroatoms. The summed E-state index contributed by atoms with van der Waals surface area (Å²) in [6, 6.07) is 0. The van der Waals surface area contributed by atoms with Crippen molar-refractivity contribution in [3.8, 4) is 0 Å². The van der Waals surface area contributed by atoms with Gasteiger partial charge in [-0.05, 0) is 32.7 Å². The summed E-state index contributed by atoms with van der Waals surface area (Å²) in [6.45, 7) is 3.20. The van der Waals surface area contributed by atoms with Gasteiger partial charge in [0, 0.05) is 12.0 Å². The van der Waals surface area contributed by atoms with Crippen molar-refractivity contribution in [3.05, 3.63) is 0 Å². The number of carbonyl (C=O) groups is 1. The van der Waals surface area contributed by atoms with Crippen LogP contribution in [-0.4, -0.2) is 25.2 Å². The molecule has 1 N–H and O–H groups in total. The summed E-state index contributed by atoms with van der Waals surface area (Å²) in [4.78, 5) is 10.8. The molecule has 0 atom stereocenters. The van der Waals surface area contributed by atoms with Crippen LogP contribution in [0.4, 0.5) is 0 Å². The minimum atomic E-state index is -0.108. The average Bonchev–Trinajstić information content (AvgIpc) is 2.60. The van der Waals surface area contributed by atoms with Crippen LogP contribution in [0.1, 0.15) is 45.4 Å². The monoisotopic (exact) mass is 199 g/mol. The summed E-state index contributed by atoms with van der Waals surface area (Å²) in [5, 5.41) is 3.53. The van der Waals surface area contributed by atoms with Crippen LogP contribution in [0, 0.1) is 0 Å². The number of hydrogen-bond acceptors (Lipinski definition) is 3. The number of hydrogen-bond donors (Lipinski definition) is 1. The lowest BCUT2D eigenvalue weighted by Gasteiger charge is -2.25. The van der Waals surface area contributed by atoms with E-state index in [0.29, 0.717) is 12.0 Å². The maximum Gasteiger partial charge on any atom is 0.305 e. The molecule has 0 aromatic carbocycles. The Morgan fingerprint density at radius 1 is 1.43 bits per heavy atom. The highest BCUT2D eigenvalue weighted by Gasteiger charge is 2.27. The molecule has 3 nitrogen and oxygen atoms in total. The smallest absolute Gasteiger partial charge is 0.305 e. The Morgan fingerprint density at radius 2 is 2.07 bits per heavy atom. The van der Waals surface area contributed by atoms with Crippen molar-refractivity contribution < 1.29 is 9.53 Å². The van der Waals surface area contributed by atoms with Gasteiger partial charge < -0.3 is 10.1 Å². The summed E-state index contributed by atoms with van der Waals surface area (Å²) in [6.07, 6.45) is 6.61. The number of esters is 1. The molecule has 0 spiro atoms. The highest BCUT2D eigenvalue weighted by molar-refractivity contribution is 5.69. The molecule has 1 aliphatic rings. The Labute approximate surface area is 86.2 Å². The van der Waals surface area contributed by atoms with Crippen LogP contribution in [0.5, 0.6) is 0 Å². The molecule has 0 unspecified atom stereocenters. The first-order valence-corrected chi connectivity index (χ1v) is 5.48. The molecule has 82 valence electrons. The van der Waals surface area contributed by atoms with Gasteiger partial charge in [-0.15, -0.1) is 0 Å². The number of methoxy groups -OCH3 is 1. The third-order valence-electron chi connectivity index (χ3n) is 3.04. The van der Waals surface area contributed by atoms with Crippen molar-refractivity contribution in [2.24, 2.45) is 0 Å². The lowest BCUT2D eigenvalue weighted by Crippen LogP contribution is -2.40. The third-order valence-corrected chi connectivity index (χ3v) is 3.04. The van der Waals surface area contributed by atoms with Gasteiger partial charge in [0.05, 0.1) is 7.11 Å². The lowest BCUT2D eigenvalue weighted by atomic mass is 10.0. The van der Waals surface area contributed by atoms with Crippen molar-refractivity contribution in [2.75, 3.05) is 13.7 Å². The Morgan fingerprint density at radius 3 is 2.64 bits per heavy atom. The van der Waals surface area contributed by atoms with Crippen LogP contribution >= 0.6 is 0 Å². The van der Waals surface area contributed by atoms with Crippen LogP contribution < -0.4 is 5.32 Å². The molecule has 1 saturated carbocycles. The fourth-order valence-corrected chi connectivity index (χ4v) is 2.06. The second-order valence-electron chi connectivity index (χ2n) is 4.37. The maximum atomic E-state index is 10.8. The zero-order valence-corrected chi connectivity index (χ0v) is 9.27. The quantitative estimate of drug-likeness (QED) is 0.542. The van der Waals surface area contributed by atoms with Gasteiger partial charge in [0.15, 0.2) is 0 Å². The average molecular weight is 199 g/mol. The highest BCUT2D eigenvalue weighted by Crippen LogP contribution is 2.28. The molecule has 0 aromatic rings. The molecule has 0 radical (unpaired) electrons. The van der Waals surface area contributed by atoms with E-state index in [2.05, 4.69) is 17.0 Å². The summed E-state index contributed by atoms with van der Waals surface area (Å²) >= 11 is 0. The molecule has 0 bridgehead atoms. The van der Waals surface area contributed by atoms with E-state index < -0.39 is 0 Å². The highest BCUT2D eigenvalue weighted by atomic mass is 16.5. The van der Waals surface area contributed by atoms with Crippen molar-refractivity contribution in [3.63, 3.8) is 0 Å². The lowest BCUT2D eigenvalue weighted by molar-refractivity contribution is -0.140. The van der Waals surface area contributed by atoms with E-state index in [-0.39, 0.29) is 5.97 Å². The third kappa shape index (κ3) is 3.66. The largest absolute Gasteiger partial charge is 0.469 e. The molecule has 1 aliphatic carbocycles. The fourth-order valence-electron chi connectivity index (χ4n) is 2.06. The Kier molecular flexibility index (Phi) is 4.39. The number of rotatable bonds is 5. The standard InChI is InChI=1S/C11H21NO2/c1-11(7-3-4-8-11)12-9-5-6-10(13)14-2/h12H,3-9H2,1-2H3. The number of ether oxygens (including phenoxy) is 1. The molecule has 1 fully saturated rings. The van der Waals surface area contributed by atoms with E-state index in [1.165, 1.54) is 32.8 Å². The van der Waals surface area contributed by atoms with Crippen molar-refractivity contribution in [1.82, 2.24) is 5.32 Å². The zero-order valence-electron chi connectivity index (χ0n) is 9.27. The molecule has 1 rings (SSSR count). The van der Waals surface area contributed by atoms with Crippen molar-refractivity contribution in [2.45, 2.75) is 51.0 Å². The minimum absolute atomic E-state index is 0.108. The van der Waals surface area contributed by atoms with E-state index in [1.54, 1.807) is 0 Å². The van der Waals surface area contributed by atoms with Gasteiger partial charge >= 0.3 is 5.97 Å². The number of carbonyl (C=O) groups excluding carboxylic acids is 1.